The highest BCUT2D eigenvalue weighted by molar-refractivity contribution is 14.1. The van der Waals surface area contributed by atoms with E-state index in [1.165, 1.54) is 0 Å². The molecule has 2 rings (SSSR count). The van der Waals surface area contributed by atoms with Crippen molar-refractivity contribution in [2.24, 2.45) is 0 Å². The predicted octanol–water partition coefficient (Wildman–Crippen LogP) is 3.95. The predicted molar refractivity (Wildman–Crippen MR) is 110 cm³/mol. The second-order valence-electron chi connectivity index (χ2n) is 6.10. The van der Waals surface area contributed by atoms with Gasteiger partial charge in [-0.25, -0.2) is 0 Å². The molecule has 26 heavy (non-hydrogen) atoms. The maximum Gasteiger partial charge on any atom is 0.276 e. The minimum Gasteiger partial charge on any atom is -0.483 e. The van der Waals surface area contributed by atoms with Gasteiger partial charge in [0.1, 0.15) is 5.75 Å². The maximum atomic E-state index is 12.1. The van der Waals surface area contributed by atoms with E-state index in [9.17, 15) is 9.59 Å². The van der Waals surface area contributed by atoms with Crippen molar-refractivity contribution in [1.82, 2.24) is 10.9 Å². The number of halogens is 1. The van der Waals surface area contributed by atoms with Crippen LogP contribution in [0.5, 0.6) is 5.75 Å². The summed E-state index contributed by atoms with van der Waals surface area (Å²) >= 11 is 2.17. The van der Waals surface area contributed by atoms with Gasteiger partial charge in [-0.05, 0) is 71.2 Å². The van der Waals surface area contributed by atoms with E-state index in [-0.39, 0.29) is 12.5 Å². The number of amides is 2. The molecule has 0 aliphatic heterocycles. The van der Waals surface area contributed by atoms with Crippen LogP contribution in [0.25, 0.3) is 0 Å². The Morgan fingerprint density at radius 3 is 2.58 bits per heavy atom. The molecule has 2 amide bonds. The quantitative estimate of drug-likeness (QED) is 0.501. The van der Waals surface area contributed by atoms with Crippen LogP contribution in [0.3, 0.4) is 0 Å². The second kappa shape index (κ2) is 9.56. The molecule has 1 unspecified atom stereocenters. The minimum atomic E-state index is -0.417. The van der Waals surface area contributed by atoms with Gasteiger partial charge in [0.2, 0.25) is 0 Å². The van der Waals surface area contributed by atoms with Crippen LogP contribution in [-0.2, 0) is 4.79 Å². The molecule has 2 N–H and O–H groups in total. The van der Waals surface area contributed by atoms with Crippen LogP contribution >= 0.6 is 22.6 Å². The molecule has 0 aromatic heterocycles. The van der Waals surface area contributed by atoms with Gasteiger partial charge in [-0.1, -0.05) is 38.1 Å². The molecule has 1 atom stereocenters. The summed E-state index contributed by atoms with van der Waals surface area (Å²) in [6.07, 6.45) is 0.984. The van der Waals surface area contributed by atoms with Gasteiger partial charge in [0.25, 0.3) is 11.8 Å². The highest BCUT2D eigenvalue weighted by Gasteiger charge is 2.12. The summed E-state index contributed by atoms with van der Waals surface area (Å²) in [5.74, 6) is 0.254. The Kier molecular flexibility index (Phi) is 7.44. The molecule has 0 radical (unpaired) electrons. The van der Waals surface area contributed by atoms with Crippen molar-refractivity contribution >= 4 is 34.4 Å². The van der Waals surface area contributed by atoms with Crippen molar-refractivity contribution in [2.75, 3.05) is 6.61 Å². The fourth-order valence-corrected chi connectivity index (χ4v) is 2.87. The highest BCUT2D eigenvalue weighted by atomic mass is 127. The summed E-state index contributed by atoms with van der Waals surface area (Å²) < 4.78 is 6.62. The molecule has 0 bridgehead atoms. The smallest absolute Gasteiger partial charge is 0.276 e. The zero-order chi connectivity index (χ0) is 19.1. The fraction of sp³-hybridized carbons (Fsp3) is 0.300. The summed E-state index contributed by atoms with van der Waals surface area (Å²) in [7, 11) is 0. The number of aryl methyl sites for hydroxylation is 1. The van der Waals surface area contributed by atoms with Crippen molar-refractivity contribution in [3.63, 3.8) is 0 Å². The Morgan fingerprint density at radius 1 is 1.15 bits per heavy atom. The normalized spacial score (nSPS) is 11.5. The Balaban J connectivity index is 1.88. The molecule has 0 saturated carbocycles. The van der Waals surface area contributed by atoms with E-state index in [0.29, 0.717) is 17.2 Å². The molecule has 0 spiro atoms. The molecule has 6 heteroatoms. The number of para-hydroxylation sites is 1. The van der Waals surface area contributed by atoms with Crippen molar-refractivity contribution < 1.29 is 14.3 Å². The van der Waals surface area contributed by atoms with Crippen LogP contribution in [0.4, 0.5) is 0 Å². The van der Waals surface area contributed by atoms with Crippen LogP contribution in [0, 0.1) is 10.5 Å². The number of carbonyl (C=O) groups is 2. The number of hydrogen-bond donors (Lipinski definition) is 2. The largest absolute Gasteiger partial charge is 0.483 e. The van der Waals surface area contributed by atoms with Gasteiger partial charge in [-0.3, -0.25) is 20.4 Å². The third-order valence-electron chi connectivity index (χ3n) is 4.17. The van der Waals surface area contributed by atoms with E-state index >= 15 is 0 Å². The van der Waals surface area contributed by atoms with E-state index < -0.39 is 5.91 Å². The van der Waals surface area contributed by atoms with Gasteiger partial charge >= 0.3 is 0 Å². The Bertz CT molecular complexity index is 792. The SMILES string of the molecule is CCC(C)c1ccccc1OCC(=O)NNC(=O)c1ccc(C)c(I)c1. The van der Waals surface area contributed by atoms with E-state index in [2.05, 4.69) is 47.3 Å². The minimum absolute atomic E-state index is 0.168. The third-order valence-corrected chi connectivity index (χ3v) is 5.33. The Hall–Kier alpha value is -2.09. The molecule has 0 heterocycles. The molecule has 138 valence electrons. The number of hydrogen-bond acceptors (Lipinski definition) is 3. The van der Waals surface area contributed by atoms with Gasteiger partial charge in [-0.15, -0.1) is 0 Å². The number of hydrazine groups is 1. The molecule has 0 aliphatic rings. The van der Waals surface area contributed by atoms with Gasteiger partial charge in [0.05, 0.1) is 0 Å². The molecule has 2 aromatic carbocycles. The monoisotopic (exact) mass is 466 g/mol. The third kappa shape index (κ3) is 5.45. The van der Waals surface area contributed by atoms with Gasteiger partial charge in [0, 0.05) is 9.13 Å². The molecule has 5 nitrogen and oxygen atoms in total. The van der Waals surface area contributed by atoms with E-state index in [4.69, 9.17) is 4.74 Å². The van der Waals surface area contributed by atoms with Crippen LogP contribution < -0.4 is 15.6 Å². The number of ether oxygens (including phenoxy) is 1. The van der Waals surface area contributed by atoms with Crippen molar-refractivity contribution in [2.45, 2.75) is 33.1 Å². The summed E-state index contributed by atoms with van der Waals surface area (Å²) in [5, 5.41) is 0. The van der Waals surface area contributed by atoms with Gasteiger partial charge in [0.15, 0.2) is 6.61 Å². The molecular weight excluding hydrogens is 443 g/mol. The summed E-state index contributed by atoms with van der Waals surface area (Å²) in [6.45, 7) is 6.03. The lowest BCUT2D eigenvalue weighted by Gasteiger charge is -2.15. The average molecular weight is 466 g/mol. The molecule has 0 aliphatic carbocycles. The lowest BCUT2D eigenvalue weighted by atomic mass is 9.98. The van der Waals surface area contributed by atoms with Crippen molar-refractivity contribution in [1.29, 1.82) is 0 Å². The molecule has 0 saturated heterocycles. The first-order valence-corrected chi connectivity index (χ1v) is 9.57. The van der Waals surface area contributed by atoms with Crippen LogP contribution in [0.2, 0.25) is 0 Å². The van der Waals surface area contributed by atoms with Crippen LogP contribution in [0.1, 0.15) is 47.7 Å². The highest BCUT2D eigenvalue weighted by Crippen LogP contribution is 2.28. The zero-order valence-corrected chi connectivity index (χ0v) is 17.3. The van der Waals surface area contributed by atoms with Crippen molar-refractivity contribution in [3.05, 3.63) is 62.7 Å². The van der Waals surface area contributed by atoms with Gasteiger partial charge < -0.3 is 4.74 Å². The lowest BCUT2D eigenvalue weighted by molar-refractivity contribution is -0.123. The van der Waals surface area contributed by atoms with Crippen LogP contribution in [-0.4, -0.2) is 18.4 Å². The van der Waals surface area contributed by atoms with Crippen LogP contribution in [0.15, 0.2) is 42.5 Å². The van der Waals surface area contributed by atoms with E-state index in [0.717, 1.165) is 21.1 Å². The Labute approximate surface area is 167 Å². The topological polar surface area (TPSA) is 67.4 Å². The molecule has 2 aromatic rings. The van der Waals surface area contributed by atoms with Crippen molar-refractivity contribution in [3.8, 4) is 5.75 Å². The zero-order valence-electron chi connectivity index (χ0n) is 15.1. The molecular formula is C20H23IN2O3. The van der Waals surface area contributed by atoms with E-state index in [1.54, 1.807) is 12.1 Å². The lowest BCUT2D eigenvalue weighted by Crippen LogP contribution is -2.43. The first kappa shape index (κ1) is 20.2. The van der Waals surface area contributed by atoms with E-state index in [1.807, 2.05) is 37.3 Å². The summed E-state index contributed by atoms with van der Waals surface area (Å²) in [6, 6.07) is 13.0. The number of benzene rings is 2. The molecule has 0 fully saturated rings. The van der Waals surface area contributed by atoms with Gasteiger partial charge in [-0.2, -0.15) is 0 Å². The second-order valence-corrected chi connectivity index (χ2v) is 7.26. The number of carbonyl (C=O) groups excluding carboxylic acids is 2. The standard InChI is InChI=1S/C20H23IN2O3/c1-4-13(2)16-7-5-6-8-18(16)26-12-19(24)22-23-20(25)15-10-9-14(3)17(21)11-15/h5-11,13H,4,12H2,1-3H3,(H,22,24)(H,23,25). The first-order valence-electron chi connectivity index (χ1n) is 8.49. The summed E-state index contributed by atoms with van der Waals surface area (Å²) in [4.78, 5) is 24.1. The summed E-state index contributed by atoms with van der Waals surface area (Å²) in [5.41, 5.74) is 7.45. The number of nitrogens with one attached hydrogen (secondary N) is 2. The maximum absolute atomic E-state index is 12.1. The average Bonchev–Trinajstić information content (AvgIpc) is 2.66. The number of rotatable bonds is 6. The Morgan fingerprint density at radius 2 is 1.88 bits per heavy atom. The fourth-order valence-electron chi connectivity index (χ4n) is 2.35. The first-order chi connectivity index (χ1) is 12.4.